The van der Waals surface area contributed by atoms with Crippen LogP contribution in [0.1, 0.15) is 47.3 Å². The number of carbonyl (C=O) groups excluding carboxylic acids is 1. The average molecular weight is 448 g/mol. The number of aliphatic hydroxyl groups excluding tert-OH is 1. The summed E-state index contributed by atoms with van der Waals surface area (Å²) in [5.74, 6) is -1.38. The first-order valence-electron chi connectivity index (χ1n) is 9.33. The number of nitrogens with one attached hydrogen (secondary N) is 1. The molecule has 7 nitrogen and oxygen atoms in total. The minimum Gasteiger partial charge on any atom is -0.481 e. The number of halogens is 1. The van der Waals surface area contributed by atoms with Crippen molar-refractivity contribution < 1.29 is 19.8 Å². The highest BCUT2D eigenvalue weighted by Gasteiger charge is 2.21. The molecule has 1 atom stereocenters. The Hall–Kier alpha value is -2.68. The van der Waals surface area contributed by atoms with Crippen molar-refractivity contribution in [3.8, 4) is 0 Å². The Balaban J connectivity index is 1.86. The van der Waals surface area contributed by atoms with E-state index in [0.29, 0.717) is 33.7 Å². The Morgan fingerprint density at radius 2 is 1.97 bits per heavy atom. The molecule has 0 saturated carbocycles. The summed E-state index contributed by atoms with van der Waals surface area (Å²) >= 11 is 7.12. The van der Waals surface area contributed by atoms with Gasteiger partial charge in [-0.1, -0.05) is 37.6 Å². The maximum atomic E-state index is 12.9. The van der Waals surface area contributed by atoms with Gasteiger partial charge in [0, 0.05) is 23.1 Å². The van der Waals surface area contributed by atoms with Crippen molar-refractivity contribution in [1.82, 2.24) is 9.55 Å². The topological polar surface area (TPSA) is 104 Å². The summed E-state index contributed by atoms with van der Waals surface area (Å²) in [5.41, 5.74) is 2.35. The molecule has 0 saturated heterocycles. The third kappa shape index (κ3) is 5.47. The normalized spacial score (nSPS) is 12.2. The molecule has 158 valence electrons. The molecule has 2 aromatic heterocycles. The van der Waals surface area contributed by atoms with Crippen LogP contribution in [-0.2, 0) is 17.8 Å². The molecule has 0 radical (unpaired) electrons. The number of thiazole rings is 1. The quantitative estimate of drug-likeness (QED) is 0.479. The molecule has 3 rings (SSSR count). The number of rotatable bonds is 8. The fraction of sp³-hybridized carbons (Fsp3) is 0.286. The smallest absolute Gasteiger partial charge is 0.309 e. The molecule has 1 unspecified atom stereocenters. The van der Waals surface area contributed by atoms with E-state index in [2.05, 4.69) is 10.3 Å². The van der Waals surface area contributed by atoms with Gasteiger partial charge < -0.3 is 14.8 Å². The van der Waals surface area contributed by atoms with Gasteiger partial charge in [-0.15, -0.1) is 11.3 Å². The van der Waals surface area contributed by atoms with Crippen molar-refractivity contribution in [3.05, 3.63) is 69.4 Å². The van der Waals surface area contributed by atoms with Crippen LogP contribution in [0.5, 0.6) is 0 Å². The van der Waals surface area contributed by atoms with Crippen LogP contribution in [0.15, 0.2) is 41.9 Å². The number of benzene rings is 1. The molecule has 2 heterocycles. The van der Waals surface area contributed by atoms with Crippen molar-refractivity contribution >= 4 is 39.9 Å². The summed E-state index contributed by atoms with van der Waals surface area (Å²) in [6.07, 6.45) is 0.862. The molecule has 0 aliphatic rings. The summed E-state index contributed by atoms with van der Waals surface area (Å²) in [7, 11) is 0. The van der Waals surface area contributed by atoms with E-state index in [-0.39, 0.29) is 18.2 Å². The second-order valence-electron chi connectivity index (χ2n) is 7.27. The molecule has 9 heteroatoms. The highest BCUT2D eigenvalue weighted by Crippen LogP contribution is 2.25. The van der Waals surface area contributed by atoms with Crippen LogP contribution in [0.3, 0.4) is 0 Å². The van der Waals surface area contributed by atoms with Crippen LogP contribution in [0.2, 0.25) is 5.02 Å². The van der Waals surface area contributed by atoms with Crippen LogP contribution in [-0.4, -0.2) is 31.6 Å². The summed E-state index contributed by atoms with van der Waals surface area (Å²) in [6.45, 7) is 4.23. The number of carbonyl (C=O) groups is 2. The molecule has 1 amide bonds. The Labute approximate surface area is 183 Å². The van der Waals surface area contributed by atoms with E-state index < -0.39 is 12.1 Å². The van der Waals surface area contributed by atoms with Gasteiger partial charge in [0.2, 0.25) is 0 Å². The second-order valence-corrected chi connectivity index (χ2v) is 8.57. The molecular weight excluding hydrogens is 426 g/mol. The number of aliphatic carboxylic acids is 1. The maximum Gasteiger partial charge on any atom is 0.309 e. The molecule has 3 N–H and O–H groups in total. The van der Waals surface area contributed by atoms with E-state index in [1.54, 1.807) is 34.3 Å². The number of hydrogen-bond donors (Lipinski definition) is 3. The van der Waals surface area contributed by atoms with Crippen molar-refractivity contribution in [2.45, 2.75) is 32.9 Å². The van der Waals surface area contributed by atoms with Gasteiger partial charge >= 0.3 is 5.97 Å². The maximum absolute atomic E-state index is 12.9. The lowest BCUT2D eigenvalue weighted by Gasteiger charge is -2.12. The van der Waals surface area contributed by atoms with Gasteiger partial charge in [0.25, 0.3) is 5.91 Å². The predicted octanol–water partition coefficient (Wildman–Crippen LogP) is 4.22. The number of anilines is 1. The Morgan fingerprint density at radius 3 is 2.60 bits per heavy atom. The number of carboxylic acids is 1. The number of aromatic nitrogens is 2. The van der Waals surface area contributed by atoms with E-state index in [1.807, 2.05) is 26.0 Å². The van der Waals surface area contributed by atoms with Gasteiger partial charge in [0.1, 0.15) is 5.69 Å². The molecule has 0 aliphatic heterocycles. The number of amides is 1. The van der Waals surface area contributed by atoms with Crippen molar-refractivity contribution in [2.24, 2.45) is 5.92 Å². The molecule has 3 aromatic rings. The van der Waals surface area contributed by atoms with Gasteiger partial charge in [0.05, 0.1) is 18.2 Å². The highest BCUT2D eigenvalue weighted by molar-refractivity contribution is 7.14. The Kier molecular flexibility index (Phi) is 6.91. The zero-order valence-corrected chi connectivity index (χ0v) is 18.1. The first kappa shape index (κ1) is 22.0. The number of nitrogens with zero attached hydrogens (tertiary/aromatic N) is 2. The zero-order chi connectivity index (χ0) is 21.8. The second kappa shape index (κ2) is 9.42. The molecule has 0 bridgehead atoms. The highest BCUT2D eigenvalue weighted by atomic mass is 35.5. The summed E-state index contributed by atoms with van der Waals surface area (Å²) < 4.78 is 1.77. The van der Waals surface area contributed by atoms with Gasteiger partial charge in [-0.3, -0.25) is 14.9 Å². The lowest BCUT2D eigenvalue weighted by molar-refractivity contribution is -0.136. The first-order valence-corrected chi connectivity index (χ1v) is 10.6. The molecule has 0 aliphatic carbocycles. The van der Waals surface area contributed by atoms with Crippen molar-refractivity contribution in [3.63, 3.8) is 0 Å². The number of carboxylic acid groups (broad SMARTS) is 1. The minimum absolute atomic E-state index is 0.00941. The van der Waals surface area contributed by atoms with Crippen molar-refractivity contribution in [1.29, 1.82) is 0 Å². The third-order valence-electron chi connectivity index (χ3n) is 4.49. The molecule has 1 aromatic carbocycles. The Morgan fingerprint density at radius 1 is 1.27 bits per heavy atom. The van der Waals surface area contributed by atoms with Crippen LogP contribution >= 0.6 is 22.9 Å². The van der Waals surface area contributed by atoms with Crippen LogP contribution in [0.25, 0.3) is 0 Å². The van der Waals surface area contributed by atoms with Crippen LogP contribution < -0.4 is 5.32 Å². The van der Waals surface area contributed by atoms with Crippen molar-refractivity contribution in [2.75, 3.05) is 5.32 Å². The van der Waals surface area contributed by atoms with Gasteiger partial charge in [0.15, 0.2) is 5.13 Å². The van der Waals surface area contributed by atoms with Gasteiger partial charge in [-0.05, 0) is 35.2 Å². The predicted molar refractivity (Wildman–Crippen MR) is 116 cm³/mol. The van der Waals surface area contributed by atoms with Gasteiger partial charge in [-0.25, -0.2) is 4.98 Å². The fourth-order valence-electron chi connectivity index (χ4n) is 2.95. The van der Waals surface area contributed by atoms with Gasteiger partial charge in [-0.2, -0.15) is 0 Å². The average Bonchev–Trinajstić information content (AvgIpc) is 3.29. The SMILES string of the molecule is CC(C)C(O)c1cc(C(=O)Nc2nc(CC(=O)O)cs2)n(Cc2ccc(Cl)cc2)c1. The summed E-state index contributed by atoms with van der Waals surface area (Å²) in [4.78, 5) is 27.9. The third-order valence-corrected chi connectivity index (χ3v) is 5.55. The number of aliphatic hydroxyl groups is 1. The van der Waals surface area contributed by atoms with E-state index in [1.165, 1.54) is 0 Å². The molecular formula is C21H22ClN3O4S. The van der Waals surface area contributed by atoms with E-state index in [9.17, 15) is 14.7 Å². The molecule has 0 spiro atoms. The minimum atomic E-state index is -0.984. The monoisotopic (exact) mass is 447 g/mol. The summed E-state index contributed by atoms with van der Waals surface area (Å²) in [5, 5.41) is 24.6. The summed E-state index contributed by atoms with van der Waals surface area (Å²) in [6, 6.07) is 8.98. The van der Waals surface area contributed by atoms with E-state index >= 15 is 0 Å². The zero-order valence-electron chi connectivity index (χ0n) is 16.5. The van der Waals surface area contributed by atoms with E-state index in [0.717, 1.165) is 16.9 Å². The lowest BCUT2D eigenvalue weighted by atomic mass is 10.0. The standard InChI is InChI=1S/C21H22ClN3O4S/c1-12(2)19(28)14-7-17(25(10-14)9-13-3-5-15(22)6-4-13)20(29)24-21-23-16(11-30-21)8-18(26)27/h3-7,10-12,19,28H,8-9H2,1-2H3,(H,26,27)(H,23,24,29). The van der Waals surface area contributed by atoms with Crippen LogP contribution in [0, 0.1) is 5.92 Å². The lowest BCUT2D eigenvalue weighted by Crippen LogP contribution is -2.17. The first-order chi connectivity index (χ1) is 14.2. The van der Waals surface area contributed by atoms with E-state index in [4.69, 9.17) is 16.7 Å². The largest absolute Gasteiger partial charge is 0.481 e. The molecule has 0 fully saturated rings. The fourth-order valence-corrected chi connectivity index (χ4v) is 3.78. The molecule has 30 heavy (non-hydrogen) atoms. The number of hydrogen-bond acceptors (Lipinski definition) is 5. The van der Waals surface area contributed by atoms with Crippen LogP contribution in [0.4, 0.5) is 5.13 Å². The Bertz CT molecular complexity index is 1040.